The number of ether oxygens (including phenoxy) is 1. The Kier molecular flexibility index (Phi) is 5.52. The predicted octanol–water partition coefficient (Wildman–Crippen LogP) is 3.69. The van der Waals surface area contributed by atoms with Crippen LogP contribution in [0.1, 0.15) is 28.8 Å². The fourth-order valence-corrected chi connectivity index (χ4v) is 3.49. The highest BCUT2D eigenvalue weighted by Crippen LogP contribution is 2.34. The van der Waals surface area contributed by atoms with Gasteiger partial charge < -0.3 is 15.4 Å². The second-order valence-corrected chi connectivity index (χ2v) is 7.18. The first-order valence-electron chi connectivity index (χ1n) is 9.11. The predicted molar refractivity (Wildman–Crippen MR) is 105 cm³/mol. The summed E-state index contributed by atoms with van der Waals surface area (Å²) in [6.07, 6.45) is 0.454. The fourth-order valence-electron chi connectivity index (χ4n) is 3.30. The number of alkyl halides is 2. The number of nitrogens with zero attached hydrogens (tertiary/aromatic N) is 3. The summed E-state index contributed by atoms with van der Waals surface area (Å²) in [5.41, 5.74) is -0.817. The first kappa shape index (κ1) is 20.4. The molecule has 1 aliphatic rings. The largest absolute Gasteiger partial charge is 0.379 e. The Balaban J connectivity index is 1.86. The second-order valence-electron chi connectivity index (χ2n) is 6.78. The average molecular weight is 440 g/mol. The van der Waals surface area contributed by atoms with Crippen molar-refractivity contribution in [3.05, 3.63) is 46.5 Å². The van der Waals surface area contributed by atoms with E-state index in [2.05, 4.69) is 20.7 Å². The second kappa shape index (κ2) is 8.11. The lowest BCUT2D eigenvalue weighted by Gasteiger charge is -2.14. The van der Waals surface area contributed by atoms with Gasteiger partial charge in [-0.25, -0.2) is 22.7 Å². The van der Waals surface area contributed by atoms with Crippen LogP contribution in [0.2, 0.25) is 5.02 Å². The average Bonchev–Trinajstić information content (AvgIpc) is 3.37. The molecular weight excluding hydrogens is 423 g/mol. The van der Waals surface area contributed by atoms with Gasteiger partial charge in [0.25, 0.3) is 12.3 Å². The number of halogens is 4. The van der Waals surface area contributed by atoms with Crippen LogP contribution < -0.4 is 10.6 Å². The van der Waals surface area contributed by atoms with E-state index in [0.29, 0.717) is 19.0 Å². The molecule has 158 valence electrons. The first-order valence-corrected chi connectivity index (χ1v) is 9.49. The molecule has 1 fully saturated rings. The third-order valence-electron chi connectivity index (χ3n) is 4.83. The maximum atomic E-state index is 14.9. The maximum absolute atomic E-state index is 14.9. The van der Waals surface area contributed by atoms with Crippen molar-refractivity contribution < 1.29 is 22.7 Å². The SMILES string of the molecule is CNC(=O)c1cc(-c2cnn3cc(Cl)c(NC4CCOC4)nc23)c(F)c(C(F)F)c1. The van der Waals surface area contributed by atoms with E-state index in [1.807, 2.05) is 0 Å². The Hall–Kier alpha value is -2.85. The van der Waals surface area contributed by atoms with E-state index < -0.39 is 23.7 Å². The molecule has 0 bridgehead atoms. The molecule has 0 aliphatic carbocycles. The normalized spacial score (nSPS) is 16.4. The number of anilines is 1. The van der Waals surface area contributed by atoms with Crippen LogP contribution in [0.3, 0.4) is 0 Å². The van der Waals surface area contributed by atoms with Crippen LogP contribution in [0.4, 0.5) is 19.0 Å². The number of nitrogens with one attached hydrogen (secondary N) is 2. The van der Waals surface area contributed by atoms with Crippen LogP contribution in [-0.2, 0) is 4.74 Å². The van der Waals surface area contributed by atoms with Gasteiger partial charge >= 0.3 is 0 Å². The smallest absolute Gasteiger partial charge is 0.266 e. The molecule has 7 nitrogen and oxygen atoms in total. The molecule has 1 aliphatic heterocycles. The highest BCUT2D eigenvalue weighted by molar-refractivity contribution is 6.32. The van der Waals surface area contributed by atoms with E-state index in [4.69, 9.17) is 16.3 Å². The molecule has 3 heterocycles. The lowest BCUT2D eigenvalue weighted by atomic mass is 10.00. The Morgan fingerprint density at radius 3 is 2.83 bits per heavy atom. The van der Waals surface area contributed by atoms with Gasteiger partial charge in [0.2, 0.25) is 0 Å². The minimum absolute atomic E-state index is 0.0163. The summed E-state index contributed by atoms with van der Waals surface area (Å²) >= 11 is 6.27. The zero-order chi connectivity index (χ0) is 21.4. The summed E-state index contributed by atoms with van der Waals surface area (Å²) in [7, 11) is 1.36. The van der Waals surface area contributed by atoms with Gasteiger partial charge in [0.05, 0.1) is 30.6 Å². The van der Waals surface area contributed by atoms with Crippen LogP contribution in [0, 0.1) is 5.82 Å². The van der Waals surface area contributed by atoms with Crippen LogP contribution >= 0.6 is 11.6 Å². The maximum Gasteiger partial charge on any atom is 0.266 e. The first-order chi connectivity index (χ1) is 14.4. The van der Waals surface area contributed by atoms with Crippen molar-refractivity contribution in [1.29, 1.82) is 0 Å². The van der Waals surface area contributed by atoms with Crippen molar-refractivity contribution in [2.45, 2.75) is 18.9 Å². The van der Waals surface area contributed by atoms with Crippen molar-refractivity contribution in [2.75, 3.05) is 25.6 Å². The molecule has 1 amide bonds. The standard InChI is InChI=1S/C19H17ClF3N5O2/c1-24-19(29)9-4-11(15(21)12(5-9)16(22)23)13-6-25-28-7-14(20)17(27-18(13)28)26-10-2-3-30-8-10/h4-7,10,16H,2-3,8H2,1H3,(H,24,29)(H,26,27). The highest BCUT2D eigenvalue weighted by Gasteiger charge is 2.24. The Labute approximate surface area is 174 Å². The van der Waals surface area contributed by atoms with Gasteiger partial charge in [-0.1, -0.05) is 11.6 Å². The minimum atomic E-state index is -3.10. The van der Waals surface area contributed by atoms with Crippen molar-refractivity contribution in [3.63, 3.8) is 0 Å². The van der Waals surface area contributed by atoms with Gasteiger partial charge in [0, 0.05) is 30.3 Å². The zero-order valence-corrected chi connectivity index (χ0v) is 16.5. The molecule has 1 saturated heterocycles. The van der Waals surface area contributed by atoms with Crippen molar-refractivity contribution in [1.82, 2.24) is 19.9 Å². The summed E-state index contributed by atoms with van der Waals surface area (Å²) in [6.45, 7) is 1.11. The van der Waals surface area contributed by atoms with Crippen molar-refractivity contribution in [3.8, 4) is 11.1 Å². The topological polar surface area (TPSA) is 80.6 Å². The molecule has 0 saturated carbocycles. The number of hydrogen-bond acceptors (Lipinski definition) is 5. The molecule has 3 aromatic rings. The Morgan fingerprint density at radius 1 is 1.37 bits per heavy atom. The van der Waals surface area contributed by atoms with Crippen LogP contribution in [0.15, 0.2) is 24.5 Å². The van der Waals surface area contributed by atoms with E-state index >= 15 is 0 Å². The number of rotatable bonds is 5. The monoisotopic (exact) mass is 439 g/mol. The summed E-state index contributed by atoms with van der Waals surface area (Å²) in [5, 5.41) is 9.91. The number of fused-ring (bicyclic) bond motifs is 1. The number of carbonyl (C=O) groups excluding carboxylic acids is 1. The lowest BCUT2D eigenvalue weighted by Crippen LogP contribution is -2.20. The van der Waals surface area contributed by atoms with Gasteiger partial charge in [0.15, 0.2) is 5.65 Å². The van der Waals surface area contributed by atoms with Crippen molar-refractivity contribution >= 4 is 29.0 Å². The molecule has 2 aromatic heterocycles. The Bertz CT molecular complexity index is 1120. The molecule has 11 heteroatoms. The van der Waals surface area contributed by atoms with E-state index in [-0.39, 0.29) is 33.4 Å². The highest BCUT2D eigenvalue weighted by atomic mass is 35.5. The van der Waals surface area contributed by atoms with E-state index in [1.165, 1.54) is 30.0 Å². The molecule has 1 atom stereocenters. The van der Waals surface area contributed by atoms with Crippen LogP contribution in [0.25, 0.3) is 16.8 Å². The van der Waals surface area contributed by atoms with Gasteiger partial charge in [-0.3, -0.25) is 4.79 Å². The third kappa shape index (κ3) is 3.68. The molecular formula is C19H17ClF3N5O2. The third-order valence-corrected chi connectivity index (χ3v) is 5.11. The van der Waals surface area contributed by atoms with Crippen molar-refractivity contribution in [2.24, 2.45) is 0 Å². The van der Waals surface area contributed by atoms with Gasteiger partial charge in [0.1, 0.15) is 16.7 Å². The lowest BCUT2D eigenvalue weighted by molar-refractivity contribution is 0.0962. The van der Waals surface area contributed by atoms with Crippen LogP contribution in [-0.4, -0.2) is 46.8 Å². The van der Waals surface area contributed by atoms with Gasteiger partial charge in [-0.15, -0.1) is 0 Å². The van der Waals surface area contributed by atoms with E-state index in [9.17, 15) is 18.0 Å². The minimum Gasteiger partial charge on any atom is -0.379 e. The number of aromatic nitrogens is 3. The molecule has 2 N–H and O–H groups in total. The molecule has 0 spiro atoms. The van der Waals surface area contributed by atoms with E-state index in [0.717, 1.165) is 12.5 Å². The van der Waals surface area contributed by atoms with E-state index in [1.54, 1.807) is 0 Å². The molecule has 30 heavy (non-hydrogen) atoms. The van der Waals surface area contributed by atoms with Gasteiger partial charge in [-0.2, -0.15) is 5.10 Å². The molecule has 1 aromatic carbocycles. The number of carbonyl (C=O) groups is 1. The van der Waals surface area contributed by atoms with Crippen LogP contribution in [0.5, 0.6) is 0 Å². The Morgan fingerprint density at radius 2 is 2.17 bits per heavy atom. The fraction of sp³-hybridized carbons (Fsp3) is 0.316. The number of hydrogen-bond donors (Lipinski definition) is 2. The summed E-state index contributed by atoms with van der Waals surface area (Å²) in [5.74, 6) is -1.41. The molecule has 4 rings (SSSR count). The zero-order valence-electron chi connectivity index (χ0n) is 15.8. The summed E-state index contributed by atoms with van der Waals surface area (Å²) in [6, 6.07) is 2.05. The van der Waals surface area contributed by atoms with Gasteiger partial charge in [-0.05, 0) is 18.6 Å². The quantitative estimate of drug-likeness (QED) is 0.634. The summed E-state index contributed by atoms with van der Waals surface area (Å²) < 4.78 is 48.4. The molecule has 1 unspecified atom stereocenters. The number of benzene rings is 1. The number of amides is 1. The molecule has 0 radical (unpaired) electrons. The summed E-state index contributed by atoms with van der Waals surface area (Å²) in [4.78, 5) is 16.5.